The third-order valence-electron chi connectivity index (χ3n) is 3.22. The highest BCUT2D eigenvalue weighted by molar-refractivity contribution is 5.28. The maximum atomic E-state index is 12.7. The van der Waals surface area contributed by atoms with E-state index in [1.165, 1.54) is 12.3 Å². The first-order valence-corrected chi connectivity index (χ1v) is 5.79. The van der Waals surface area contributed by atoms with Gasteiger partial charge in [0.1, 0.15) is 5.56 Å². The summed E-state index contributed by atoms with van der Waals surface area (Å²) in [6.45, 7) is 8.12. The van der Waals surface area contributed by atoms with Crippen molar-refractivity contribution in [2.45, 2.75) is 33.9 Å². The Balaban J connectivity index is 2.86. The van der Waals surface area contributed by atoms with Crippen molar-refractivity contribution < 1.29 is 17.9 Å². The predicted molar refractivity (Wildman–Crippen MR) is 63.4 cm³/mol. The fourth-order valence-electron chi connectivity index (χ4n) is 1.14. The Morgan fingerprint density at radius 3 is 2.39 bits per heavy atom. The zero-order valence-electron chi connectivity index (χ0n) is 11.0. The Morgan fingerprint density at radius 2 is 1.89 bits per heavy atom. The zero-order valence-corrected chi connectivity index (χ0v) is 11.0. The Kier molecular flexibility index (Phi) is 4.24. The van der Waals surface area contributed by atoms with Crippen LogP contribution in [-0.2, 0) is 6.18 Å². The van der Waals surface area contributed by atoms with Crippen LogP contribution >= 0.6 is 0 Å². The van der Waals surface area contributed by atoms with Gasteiger partial charge in [0.15, 0.2) is 0 Å². The van der Waals surface area contributed by atoms with Gasteiger partial charge in [-0.3, -0.25) is 0 Å². The van der Waals surface area contributed by atoms with Gasteiger partial charge in [-0.1, -0.05) is 27.7 Å². The Labute approximate surface area is 105 Å². The first-order chi connectivity index (χ1) is 8.14. The van der Waals surface area contributed by atoms with E-state index in [0.29, 0.717) is 5.92 Å². The van der Waals surface area contributed by atoms with Crippen molar-refractivity contribution in [1.29, 1.82) is 0 Å². The minimum atomic E-state index is -4.44. The van der Waals surface area contributed by atoms with Gasteiger partial charge in [-0.05, 0) is 18.1 Å². The van der Waals surface area contributed by atoms with Gasteiger partial charge < -0.3 is 4.74 Å². The smallest absolute Gasteiger partial charge is 0.421 e. The lowest BCUT2D eigenvalue weighted by molar-refractivity contribution is -0.139. The van der Waals surface area contributed by atoms with E-state index >= 15 is 0 Å². The molecule has 102 valence electrons. The summed E-state index contributed by atoms with van der Waals surface area (Å²) in [5.74, 6) is -0.0470. The van der Waals surface area contributed by atoms with Crippen LogP contribution in [0.3, 0.4) is 0 Å². The van der Waals surface area contributed by atoms with E-state index in [1.807, 2.05) is 27.7 Å². The maximum Gasteiger partial charge on any atom is 0.421 e. The van der Waals surface area contributed by atoms with Crippen LogP contribution in [0.5, 0.6) is 5.88 Å². The topological polar surface area (TPSA) is 22.1 Å². The van der Waals surface area contributed by atoms with Crippen LogP contribution in [0.1, 0.15) is 33.3 Å². The van der Waals surface area contributed by atoms with Crippen LogP contribution < -0.4 is 4.74 Å². The van der Waals surface area contributed by atoms with Crippen molar-refractivity contribution in [2.24, 2.45) is 11.3 Å². The largest absolute Gasteiger partial charge is 0.477 e. The molecular weight excluding hydrogens is 243 g/mol. The van der Waals surface area contributed by atoms with Crippen molar-refractivity contribution in [3.63, 3.8) is 0 Å². The highest BCUT2D eigenvalue weighted by Crippen LogP contribution is 2.35. The maximum absolute atomic E-state index is 12.7. The molecule has 0 saturated carbocycles. The third-order valence-corrected chi connectivity index (χ3v) is 3.22. The Bertz CT molecular complexity index is 399. The highest BCUT2D eigenvalue weighted by Gasteiger charge is 2.35. The molecule has 0 saturated heterocycles. The van der Waals surface area contributed by atoms with Crippen LogP contribution in [0, 0.1) is 11.3 Å². The standard InChI is InChI=1S/C13H18F3NO/c1-9(2)12(3,4)8-18-11-10(13(14,15)16)6-5-7-17-11/h5-7,9H,8H2,1-4H3. The molecular formula is C13H18F3NO. The quantitative estimate of drug-likeness (QED) is 0.811. The number of aromatic nitrogens is 1. The summed E-state index contributed by atoms with van der Waals surface area (Å²) in [4.78, 5) is 3.67. The molecule has 0 aliphatic carbocycles. The molecule has 0 amide bonds. The molecule has 0 aliphatic rings. The normalized spacial score (nSPS) is 12.9. The summed E-state index contributed by atoms with van der Waals surface area (Å²) in [6.07, 6.45) is -3.14. The molecule has 0 radical (unpaired) electrons. The molecule has 0 unspecified atom stereocenters. The summed E-state index contributed by atoms with van der Waals surface area (Å²) in [7, 11) is 0. The molecule has 1 aromatic heterocycles. The van der Waals surface area contributed by atoms with Gasteiger partial charge in [0.25, 0.3) is 0 Å². The van der Waals surface area contributed by atoms with Gasteiger partial charge >= 0.3 is 6.18 Å². The number of halogens is 3. The number of ether oxygens (including phenoxy) is 1. The van der Waals surface area contributed by atoms with Gasteiger partial charge in [0.05, 0.1) is 6.61 Å². The van der Waals surface area contributed by atoms with E-state index in [1.54, 1.807) is 0 Å². The SMILES string of the molecule is CC(C)C(C)(C)COc1ncccc1C(F)(F)F. The van der Waals surface area contributed by atoms with Crippen molar-refractivity contribution >= 4 is 0 Å². The summed E-state index contributed by atoms with van der Waals surface area (Å²) in [6, 6.07) is 2.23. The lowest BCUT2D eigenvalue weighted by Crippen LogP contribution is -2.28. The number of pyridine rings is 1. The van der Waals surface area contributed by atoms with Gasteiger partial charge in [0, 0.05) is 11.6 Å². The molecule has 0 N–H and O–H groups in total. The van der Waals surface area contributed by atoms with Gasteiger partial charge in [-0.25, -0.2) is 4.98 Å². The van der Waals surface area contributed by atoms with Gasteiger partial charge in [-0.2, -0.15) is 13.2 Å². The van der Waals surface area contributed by atoms with E-state index in [9.17, 15) is 13.2 Å². The number of alkyl halides is 3. The van der Waals surface area contributed by atoms with E-state index in [-0.39, 0.29) is 17.9 Å². The number of nitrogens with zero attached hydrogens (tertiary/aromatic N) is 1. The first-order valence-electron chi connectivity index (χ1n) is 5.79. The molecule has 0 aromatic carbocycles. The van der Waals surface area contributed by atoms with E-state index < -0.39 is 11.7 Å². The summed E-state index contributed by atoms with van der Waals surface area (Å²) >= 11 is 0. The highest BCUT2D eigenvalue weighted by atomic mass is 19.4. The van der Waals surface area contributed by atoms with E-state index in [0.717, 1.165) is 6.07 Å². The predicted octanol–water partition coefficient (Wildman–Crippen LogP) is 4.16. The average molecular weight is 261 g/mol. The lowest BCUT2D eigenvalue weighted by atomic mass is 9.82. The molecule has 0 atom stereocenters. The summed E-state index contributed by atoms with van der Waals surface area (Å²) in [5, 5.41) is 0. The van der Waals surface area contributed by atoms with Crippen molar-refractivity contribution in [3.8, 4) is 5.88 Å². The minimum absolute atomic E-state index is 0.199. The van der Waals surface area contributed by atoms with Crippen molar-refractivity contribution in [2.75, 3.05) is 6.61 Å². The van der Waals surface area contributed by atoms with Crippen LogP contribution in [0.4, 0.5) is 13.2 Å². The second-order valence-corrected chi connectivity index (χ2v) is 5.29. The molecule has 2 nitrogen and oxygen atoms in total. The first kappa shape index (κ1) is 14.8. The molecule has 1 aromatic rings. The average Bonchev–Trinajstić information content (AvgIpc) is 2.25. The van der Waals surface area contributed by atoms with Crippen LogP contribution in [-0.4, -0.2) is 11.6 Å². The molecule has 5 heteroatoms. The van der Waals surface area contributed by atoms with Crippen LogP contribution in [0.2, 0.25) is 0 Å². The van der Waals surface area contributed by atoms with Crippen molar-refractivity contribution in [1.82, 2.24) is 4.98 Å². The monoisotopic (exact) mass is 261 g/mol. The molecule has 0 fully saturated rings. The minimum Gasteiger partial charge on any atom is -0.477 e. The van der Waals surface area contributed by atoms with Crippen LogP contribution in [0.25, 0.3) is 0 Å². The number of hydrogen-bond donors (Lipinski definition) is 0. The van der Waals surface area contributed by atoms with Gasteiger partial charge in [-0.15, -0.1) is 0 Å². The van der Waals surface area contributed by atoms with Crippen molar-refractivity contribution in [3.05, 3.63) is 23.9 Å². The van der Waals surface area contributed by atoms with Gasteiger partial charge in [0.2, 0.25) is 5.88 Å². The van der Waals surface area contributed by atoms with E-state index in [2.05, 4.69) is 4.98 Å². The molecule has 1 heterocycles. The van der Waals surface area contributed by atoms with E-state index in [4.69, 9.17) is 4.74 Å². The fraction of sp³-hybridized carbons (Fsp3) is 0.615. The fourth-order valence-corrected chi connectivity index (χ4v) is 1.14. The summed E-state index contributed by atoms with van der Waals surface area (Å²) in [5.41, 5.74) is -1.04. The van der Waals surface area contributed by atoms with Crippen LogP contribution in [0.15, 0.2) is 18.3 Å². The Hall–Kier alpha value is -1.26. The molecule has 0 spiro atoms. The summed E-state index contributed by atoms with van der Waals surface area (Å²) < 4.78 is 43.4. The third kappa shape index (κ3) is 3.62. The molecule has 0 aliphatic heterocycles. The number of rotatable bonds is 4. The second-order valence-electron chi connectivity index (χ2n) is 5.29. The second kappa shape index (κ2) is 5.16. The zero-order chi connectivity index (χ0) is 14.0. The lowest BCUT2D eigenvalue weighted by Gasteiger charge is -2.29. The number of hydrogen-bond acceptors (Lipinski definition) is 2. The molecule has 0 bridgehead atoms. The molecule has 18 heavy (non-hydrogen) atoms. The Morgan fingerprint density at radius 1 is 1.28 bits per heavy atom. The molecule has 1 rings (SSSR count).